The van der Waals surface area contributed by atoms with Crippen LogP contribution in [0.1, 0.15) is 0 Å². The summed E-state index contributed by atoms with van der Waals surface area (Å²) in [5.74, 6) is 0.571. The fourth-order valence-corrected chi connectivity index (χ4v) is 2.39. The molecule has 0 bridgehead atoms. The number of fused-ring (bicyclic) bond motifs is 2. The van der Waals surface area contributed by atoms with Crippen molar-refractivity contribution in [1.29, 1.82) is 0 Å². The molecule has 1 N–H and O–H groups in total. The molecule has 1 aromatic carbocycles. The number of ether oxygens (including phenoxy) is 1. The lowest BCUT2D eigenvalue weighted by molar-refractivity contribution is -0.118. The van der Waals surface area contributed by atoms with Crippen LogP contribution in [0.5, 0.6) is 5.75 Å². The van der Waals surface area contributed by atoms with Gasteiger partial charge in [0.05, 0.1) is 6.20 Å². The summed E-state index contributed by atoms with van der Waals surface area (Å²) in [6.07, 6.45) is 3.18. The summed E-state index contributed by atoms with van der Waals surface area (Å²) in [5, 5.41) is 7.57. The third kappa shape index (κ3) is 3.05. The van der Waals surface area contributed by atoms with Gasteiger partial charge in [0.1, 0.15) is 17.2 Å². The smallest absolute Gasteiger partial charge is 0.336 e. The quantitative estimate of drug-likeness (QED) is 0.571. The largest absolute Gasteiger partial charge is 0.484 e. The molecule has 0 fully saturated rings. The number of benzene rings is 1. The van der Waals surface area contributed by atoms with Crippen molar-refractivity contribution < 1.29 is 13.9 Å². The first-order valence-electron chi connectivity index (χ1n) is 7.44. The molecule has 0 spiro atoms. The van der Waals surface area contributed by atoms with Crippen LogP contribution >= 0.6 is 0 Å². The van der Waals surface area contributed by atoms with Gasteiger partial charge in [-0.15, -0.1) is 0 Å². The van der Waals surface area contributed by atoms with E-state index in [1.807, 2.05) is 0 Å². The molecule has 0 radical (unpaired) electrons. The van der Waals surface area contributed by atoms with Gasteiger partial charge in [-0.05, 0) is 24.3 Å². The highest BCUT2D eigenvalue weighted by atomic mass is 16.5. The van der Waals surface area contributed by atoms with Crippen molar-refractivity contribution in [3.63, 3.8) is 0 Å². The predicted molar refractivity (Wildman–Crippen MR) is 89.6 cm³/mol. The highest BCUT2D eigenvalue weighted by molar-refractivity contribution is 5.91. The van der Waals surface area contributed by atoms with Crippen LogP contribution in [0.2, 0.25) is 0 Å². The van der Waals surface area contributed by atoms with Crippen LogP contribution in [0.15, 0.2) is 64.1 Å². The van der Waals surface area contributed by atoms with Gasteiger partial charge in [0.15, 0.2) is 12.3 Å². The molecular weight excluding hydrogens is 324 g/mol. The van der Waals surface area contributed by atoms with E-state index in [1.54, 1.807) is 48.8 Å². The number of hydrogen-bond acceptors (Lipinski definition) is 6. The van der Waals surface area contributed by atoms with Gasteiger partial charge in [-0.3, -0.25) is 4.79 Å². The minimum Gasteiger partial charge on any atom is -0.484 e. The van der Waals surface area contributed by atoms with Crippen molar-refractivity contribution in [3.8, 4) is 5.75 Å². The number of aromatic nitrogens is 3. The molecular formula is C17H12N4O4. The highest BCUT2D eigenvalue weighted by Crippen LogP contribution is 2.19. The van der Waals surface area contributed by atoms with Gasteiger partial charge in [0.25, 0.3) is 5.91 Å². The predicted octanol–water partition coefficient (Wildman–Crippen LogP) is 1.85. The lowest BCUT2D eigenvalue weighted by Crippen LogP contribution is -2.21. The first-order valence-corrected chi connectivity index (χ1v) is 7.44. The Morgan fingerprint density at radius 2 is 2.04 bits per heavy atom. The van der Waals surface area contributed by atoms with Crippen LogP contribution in [0.4, 0.5) is 5.82 Å². The lowest BCUT2D eigenvalue weighted by atomic mass is 10.2. The van der Waals surface area contributed by atoms with Crippen LogP contribution in [-0.4, -0.2) is 27.1 Å². The Kier molecular flexibility index (Phi) is 3.62. The number of nitrogens with zero attached hydrogens (tertiary/aromatic N) is 3. The van der Waals surface area contributed by atoms with Crippen molar-refractivity contribution in [1.82, 2.24) is 14.6 Å². The molecule has 124 valence electrons. The lowest BCUT2D eigenvalue weighted by Gasteiger charge is -2.09. The van der Waals surface area contributed by atoms with Crippen LogP contribution in [0, 0.1) is 0 Å². The molecule has 8 heteroatoms. The number of rotatable bonds is 4. The van der Waals surface area contributed by atoms with Crippen molar-refractivity contribution in [2.24, 2.45) is 0 Å². The summed E-state index contributed by atoms with van der Waals surface area (Å²) in [6, 6.07) is 11.4. The van der Waals surface area contributed by atoms with E-state index in [2.05, 4.69) is 15.4 Å². The average Bonchev–Trinajstić information content (AvgIpc) is 3.09. The third-order valence-electron chi connectivity index (χ3n) is 3.52. The third-order valence-corrected chi connectivity index (χ3v) is 3.52. The zero-order valence-electron chi connectivity index (χ0n) is 12.9. The normalized spacial score (nSPS) is 10.9. The van der Waals surface area contributed by atoms with Gasteiger partial charge < -0.3 is 14.5 Å². The second kappa shape index (κ2) is 6.08. The maximum Gasteiger partial charge on any atom is 0.336 e. The van der Waals surface area contributed by atoms with E-state index in [4.69, 9.17) is 9.15 Å². The molecule has 3 aromatic heterocycles. The van der Waals surface area contributed by atoms with Gasteiger partial charge >= 0.3 is 5.63 Å². The topological polar surface area (TPSA) is 98.7 Å². The second-order valence-corrected chi connectivity index (χ2v) is 5.22. The monoisotopic (exact) mass is 336 g/mol. The first kappa shape index (κ1) is 14.9. The van der Waals surface area contributed by atoms with Crippen molar-refractivity contribution >= 4 is 28.3 Å². The van der Waals surface area contributed by atoms with E-state index < -0.39 is 5.63 Å². The first-order chi connectivity index (χ1) is 12.2. The van der Waals surface area contributed by atoms with Gasteiger partial charge in [-0.1, -0.05) is 0 Å². The zero-order valence-corrected chi connectivity index (χ0v) is 12.9. The second-order valence-electron chi connectivity index (χ2n) is 5.22. The van der Waals surface area contributed by atoms with Crippen LogP contribution in [0.25, 0.3) is 16.6 Å². The number of hydrogen-bond donors (Lipinski definition) is 1. The van der Waals surface area contributed by atoms with Gasteiger partial charge in [0, 0.05) is 29.8 Å². The molecule has 0 aliphatic heterocycles. The minimum atomic E-state index is -0.441. The number of amides is 1. The standard InChI is InChI=1S/C17H12N4O4/c22-16(20-15-5-7-18-14-6-8-19-21(14)15)10-24-12-3-1-11-2-4-17(23)25-13(11)9-12/h1-9H,10H2,(H,20,22). The Labute approximate surface area is 140 Å². The maximum atomic E-state index is 12.1. The van der Waals surface area contributed by atoms with E-state index in [1.165, 1.54) is 10.6 Å². The molecule has 0 aliphatic rings. The Morgan fingerprint density at radius 1 is 1.16 bits per heavy atom. The summed E-state index contributed by atoms with van der Waals surface area (Å²) in [7, 11) is 0. The molecule has 1 amide bonds. The summed E-state index contributed by atoms with van der Waals surface area (Å²) in [4.78, 5) is 27.5. The zero-order chi connectivity index (χ0) is 17.2. The summed E-state index contributed by atoms with van der Waals surface area (Å²) in [6.45, 7) is -0.201. The SMILES string of the molecule is O=C(COc1ccc2ccc(=O)oc2c1)Nc1ccnc2ccnn12. The summed E-state index contributed by atoms with van der Waals surface area (Å²) >= 11 is 0. The maximum absolute atomic E-state index is 12.1. The molecule has 8 nitrogen and oxygen atoms in total. The van der Waals surface area contributed by atoms with Crippen LogP contribution in [-0.2, 0) is 4.79 Å². The van der Waals surface area contributed by atoms with Crippen LogP contribution in [0.3, 0.4) is 0 Å². The van der Waals surface area contributed by atoms with E-state index in [0.29, 0.717) is 22.8 Å². The summed E-state index contributed by atoms with van der Waals surface area (Å²) in [5.41, 5.74) is 0.587. The molecule has 0 unspecified atom stereocenters. The molecule has 0 aliphatic carbocycles. The Hall–Kier alpha value is -3.68. The van der Waals surface area contributed by atoms with E-state index in [9.17, 15) is 9.59 Å². The molecule has 0 saturated carbocycles. The Bertz CT molecular complexity index is 1130. The Balaban J connectivity index is 1.46. The fourth-order valence-electron chi connectivity index (χ4n) is 2.39. The van der Waals surface area contributed by atoms with Gasteiger partial charge in [0.2, 0.25) is 0 Å². The molecule has 4 aromatic rings. The molecule has 3 heterocycles. The number of carbonyl (C=O) groups is 1. The van der Waals surface area contributed by atoms with E-state index >= 15 is 0 Å². The molecule has 25 heavy (non-hydrogen) atoms. The van der Waals surface area contributed by atoms with Gasteiger partial charge in [-0.2, -0.15) is 9.61 Å². The van der Waals surface area contributed by atoms with Crippen LogP contribution < -0.4 is 15.7 Å². The number of nitrogens with one attached hydrogen (secondary N) is 1. The van der Waals surface area contributed by atoms with Crippen molar-refractivity contribution in [2.45, 2.75) is 0 Å². The number of carbonyl (C=O) groups excluding carboxylic acids is 1. The fraction of sp³-hybridized carbons (Fsp3) is 0.0588. The summed E-state index contributed by atoms with van der Waals surface area (Å²) < 4.78 is 12.1. The molecule has 4 rings (SSSR count). The van der Waals surface area contributed by atoms with Crippen molar-refractivity contribution in [2.75, 3.05) is 11.9 Å². The Morgan fingerprint density at radius 3 is 2.96 bits per heavy atom. The number of anilines is 1. The molecule has 0 atom stereocenters. The minimum absolute atomic E-state index is 0.201. The van der Waals surface area contributed by atoms with E-state index in [0.717, 1.165) is 5.39 Å². The van der Waals surface area contributed by atoms with Gasteiger partial charge in [-0.25, -0.2) is 9.78 Å². The highest BCUT2D eigenvalue weighted by Gasteiger charge is 2.08. The molecule has 0 saturated heterocycles. The van der Waals surface area contributed by atoms with Crippen molar-refractivity contribution in [3.05, 3.63) is 65.3 Å². The van der Waals surface area contributed by atoms with E-state index in [-0.39, 0.29) is 12.5 Å². The average molecular weight is 336 g/mol.